The van der Waals surface area contributed by atoms with E-state index in [2.05, 4.69) is 4.98 Å². The number of carbonyl (C=O) groups is 1. The number of esters is 1. The standard InChI is InChI=1S/C24H29NO7/c1-15(2)31-24(27)19(26)8-5-7-17-10-11-20(22(13-17)28-4)30-14-18-16(3)32-23(25-18)21-9-6-12-29-21/h6,9-13,15,19,26H,5,7-8,14H2,1-4H3. The highest BCUT2D eigenvalue weighted by atomic mass is 16.6. The molecule has 0 saturated heterocycles. The van der Waals surface area contributed by atoms with E-state index in [0.717, 1.165) is 5.56 Å². The molecule has 0 aliphatic rings. The highest BCUT2D eigenvalue weighted by Gasteiger charge is 2.18. The van der Waals surface area contributed by atoms with Gasteiger partial charge < -0.3 is 28.2 Å². The molecule has 1 N–H and O–H groups in total. The first kappa shape index (κ1) is 23.4. The van der Waals surface area contributed by atoms with Gasteiger partial charge in [-0.2, -0.15) is 0 Å². The number of oxazole rings is 1. The number of aliphatic hydroxyl groups excluding tert-OH is 1. The van der Waals surface area contributed by atoms with Crippen LogP contribution in [-0.2, 0) is 22.6 Å². The first-order chi connectivity index (χ1) is 15.4. The molecule has 0 bridgehead atoms. The summed E-state index contributed by atoms with van der Waals surface area (Å²) in [4.78, 5) is 16.1. The molecular weight excluding hydrogens is 414 g/mol. The third kappa shape index (κ3) is 6.13. The SMILES string of the molecule is COc1cc(CCCC(O)C(=O)OC(C)C)ccc1OCc1nc(-c2ccco2)oc1C. The lowest BCUT2D eigenvalue weighted by atomic mass is 10.1. The molecule has 172 valence electrons. The van der Waals surface area contributed by atoms with E-state index in [1.807, 2.05) is 25.1 Å². The average Bonchev–Trinajstić information content (AvgIpc) is 3.42. The highest BCUT2D eigenvalue weighted by Crippen LogP contribution is 2.30. The fourth-order valence-corrected chi connectivity index (χ4v) is 3.13. The van der Waals surface area contributed by atoms with Crippen LogP contribution in [0.1, 0.15) is 43.7 Å². The second-order valence-electron chi connectivity index (χ2n) is 7.67. The van der Waals surface area contributed by atoms with Crippen LogP contribution in [0, 0.1) is 6.92 Å². The van der Waals surface area contributed by atoms with Gasteiger partial charge in [-0.15, -0.1) is 0 Å². The second kappa shape index (κ2) is 10.9. The number of aryl methyl sites for hydroxylation is 2. The maximum atomic E-state index is 11.7. The van der Waals surface area contributed by atoms with E-state index in [-0.39, 0.29) is 12.7 Å². The van der Waals surface area contributed by atoms with Gasteiger partial charge in [-0.25, -0.2) is 9.78 Å². The molecule has 2 aromatic heterocycles. The number of aromatic nitrogens is 1. The maximum absolute atomic E-state index is 11.7. The van der Waals surface area contributed by atoms with Gasteiger partial charge >= 0.3 is 5.97 Å². The van der Waals surface area contributed by atoms with Gasteiger partial charge in [-0.05, 0) is 69.9 Å². The molecule has 0 spiro atoms. The Morgan fingerprint density at radius 2 is 2.03 bits per heavy atom. The van der Waals surface area contributed by atoms with E-state index in [9.17, 15) is 9.90 Å². The number of nitrogens with zero attached hydrogens (tertiary/aromatic N) is 1. The Balaban J connectivity index is 1.56. The normalized spacial score (nSPS) is 12.1. The molecule has 0 amide bonds. The Morgan fingerprint density at radius 1 is 1.22 bits per heavy atom. The fraction of sp³-hybridized carbons (Fsp3) is 0.417. The molecule has 0 saturated carbocycles. The molecule has 0 aliphatic heterocycles. The van der Waals surface area contributed by atoms with Crippen LogP contribution in [0.4, 0.5) is 0 Å². The summed E-state index contributed by atoms with van der Waals surface area (Å²) >= 11 is 0. The number of benzene rings is 1. The molecule has 1 unspecified atom stereocenters. The summed E-state index contributed by atoms with van der Waals surface area (Å²) in [5, 5.41) is 9.91. The maximum Gasteiger partial charge on any atom is 0.335 e. The summed E-state index contributed by atoms with van der Waals surface area (Å²) in [6, 6.07) is 9.21. The zero-order valence-corrected chi connectivity index (χ0v) is 18.8. The lowest BCUT2D eigenvalue weighted by Gasteiger charge is -2.14. The van der Waals surface area contributed by atoms with E-state index in [1.54, 1.807) is 39.4 Å². The molecular formula is C24H29NO7. The number of aliphatic hydroxyl groups is 1. The zero-order valence-electron chi connectivity index (χ0n) is 18.8. The Bertz CT molecular complexity index is 1010. The fourth-order valence-electron chi connectivity index (χ4n) is 3.13. The Morgan fingerprint density at radius 3 is 2.72 bits per heavy atom. The molecule has 1 atom stereocenters. The quantitative estimate of drug-likeness (QED) is 0.433. The van der Waals surface area contributed by atoms with Crippen LogP contribution in [0.2, 0.25) is 0 Å². The number of ether oxygens (including phenoxy) is 3. The van der Waals surface area contributed by atoms with E-state index >= 15 is 0 Å². The van der Waals surface area contributed by atoms with Crippen molar-refractivity contribution in [3.8, 4) is 23.1 Å². The number of carbonyl (C=O) groups excluding carboxylic acids is 1. The molecule has 1 aromatic carbocycles. The lowest BCUT2D eigenvalue weighted by Crippen LogP contribution is -2.25. The molecule has 2 heterocycles. The summed E-state index contributed by atoms with van der Waals surface area (Å²) in [5.74, 6) is 2.21. The summed E-state index contributed by atoms with van der Waals surface area (Å²) in [5.41, 5.74) is 1.68. The number of furan rings is 1. The van der Waals surface area contributed by atoms with E-state index in [1.165, 1.54) is 0 Å². The van der Waals surface area contributed by atoms with Crippen molar-refractivity contribution in [1.82, 2.24) is 4.98 Å². The van der Waals surface area contributed by atoms with Crippen LogP contribution in [0.3, 0.4) is 0 Å². The smallest absolute Gasteiger partial charge is 0.335 e. The topological polar surface area (TPSA) is 104 Å². The van der Waals surface area contributed by atoms with Crippen molar-refractivity contribution in [1.29, 1.82) is 0 Å². The highest BCUT2D eigenvalue weighted by molar-refractivity contribution is 5.74. The largest absolute Gasteiger partial charge is 0.493 e. The number of hydrogen-bond donors (Lipinski definition) is 1. The molecule has 0 aliphatic carbocycles. The number of methoxy groups -OCH3 is 1. The zero-order chi connectivity index (χ0) is 23.1. The Labute approximate surface area is 187 Å². The van der Waals surface area contributed by atoms with Crippen LogP contribution in [0.15, 0.2) is 45.4 Å². The van der Waals surface area contributed by atoms with Crippen LogP contribution < -0.4 is 9.47 Å². The van der Waals surface area contributed by atoms with Crippen molar-refractivity contribution in [2.24, 2.45) is 0 Å². The van der Waals surface area contributed by atoms with E-state index < -0.39 is 12.1 Å². The summed E-state index contributed by atoms with van der Waals surface area (Å²) < 4.78 is 27.4. The van der Waals surface area contributed by atoms with Gasteiger partial charge in [0.05, 0.1) is 19.5 Å². The van der Waals surface area contributed by atoms with Crippen molar-refractivity contribution >= 4 is 5.97 Å². The molecule has 8 nitrogen and oxygen atoms in total. The summed E-state index contributed by atoms with van der Waals surface area (Å²) in [7, 11) is 1.58. The van der Waals surface area contributed by atoms with E-state index in [4.69, 9.17) is 23.0 Å². The van der Waals surface area contributed by atoms with Gasteiger partial charge in [0.2, 0.25) is 0 Å². The van der Waals surface area contributed by atoms with Gasteiger partial charge in [-0.1, -0.05) is 6.07 Å². The number of rotatable bonds is 11. The van der Waals surface area contributed by atoms with Crippen LogP contribution in [-0.4, -0.2) is 35.4 Å². The molecule has 32 heavy (non-hydrogen) atoms. The van der Waals surface area contributed by atoms with Crippen molar-refractivity contribution in [3.63, 3.8) is 0 Å². The van der Waals surface area contributed by atoms with Crippen LogP contribution in [0.5, 0.6) is 11.5 Å². The Hall–Kier alpha value is -3.26. The summed E-state index contributed by atoms with van der Waals surface area (Å²) in [6.45, 7) is 5.55. The molecule has 3 aromatic rings. The monoisotopic (exact) mass is 443 g/mol. The van der Waals surface area contributed by atoms with Crippen molar-refractivity contribution in [2.45, 2.75) is 58.8 Å². The van der Waals surface area contributed by atoms with Gasteiger partial charge in [0.1, 0.15) is 18.1 Å². The first-order valence-electron chi connectivity index (χ1n) is 10.6. The molecule has 3 rings (SSSR count). The predicted octanol–water partition coefficient (Wildman–Crippen LogP) is 4.47. The van der Waals surface area contributed by atoms with Crippen LogP contribution >= 0.6 is 0 Å². The molecule has 0 fully saturated rings. The van der Waals surface area contributed by atoms with Gasteiger partial charge in [-0.3, -0.25) is 0 Å². The predicted molar refractivity (Wildman–Crippen MR) is 116 cm³/mol. The third-order valence-electron chi connectivity index (χ3n) is 4.78. The average molecular weight is 443 g/mol. The minimum Gasteiger partial charge on any atom is -0.493 e. The van der Waals surface area contributed by atoms with Gasteiger partial charge in [0.25, 0.3) is 5.89 Å². The summed E-state index contributed by atoms with van der Waals surface area (Å²) in [6.07, 6.45) is 1.85. The van der Waals surface area contributed by atoms with Crippen molar-refractivity contribution in [3.05, 3.63) is 53.6 Å². The first-order valence-corrected chi connectivity index (χ1v) is 10.6. The lowest BCUT2D eigenvalue weighted by molar-refractivity contribution is -0.157. The van der Waals surface area contributed by atoms with E-state index in [0.29, 0.717) is 53.9 Å². The number of hydrogen-bond acceptors (Lipinski definition) is 8. The van der Waals surface area contributed by atoms with Crippen molar-refractivity contribution in [2.75, 3.05) is 7.11 Å². The Kier molecular flexibility index (Phi) is 7.94. The molecule has 8 heteroatoms. The van der Waals surface area contributed by atoms with Crippen LogP contribution in [0.25, 0.3) is 11.7 Å². The van der Waals surface area contributed by atoms with Gasteiger partial charge in [0.15, 0.2) is 23.4 Å². The van der Waals surface area contributed by atoms with Crippen molar-refractivity contribution < 1.29 is 32.9 Å². The third-order valence-corrected chi connectivity index (χ3v) is 4.78. The second-order valence-corrected chi connectivity index (χ2v) is 7.67. The minimum absolute atomic E-state index is 0.218. The molecule has 0 radical (unpaired) electrons. The van der Waals surface area contributed by atoms with Gasteiger partial charge in [0, 0.05) is 0 Å². The minimum atomic E-state index is -1.11.